The summed E-state index contributed by atoms with van der Waals surface area (Å²) in [6.07, 6.45) is 0. The van der Waals surface area contributed by atoms with Crippen LogP contribution < -0.4 is 10.5 Å². The Hall–Kier alpha value is -2.08. The molecule has 1 aromatic carbocycles. The third-order valence-electron chi connectivity index (χ3n) is 2.84. The van der Waals surface area contributed by atoms with E-state index in [1.807, 2.05) is 6.07 Å². The first-order valence-corrected chi connectivity index (χ1v) is 6.88. The van der Waals surface area contributed by atoms with Crippen molar-refractivity contribution in [3.05, 3.63) is 41.3 Å². The second-order valence-electron chi connectivity index (χ2n) is 4.19. The Labute approximate surface area is 120 Å². The van der Waals surface area contributed by atoms with Crippen molar-refractivity contribution in [3.63, 3.8) is 0 Å². The van der Waals surface area contributed by atoms with Gasteiger partial charge in [-0.1, -0.05) is 0 Å². The zero-order chi connectivity index (χ0) is 14.7. The number of methoxy groups -OCH3 is 1. The van der Waals surface area contributed by atoms with Crippen LogP contribution >= 0.6 is 11.8 Å². The van der Waals surface area contributed by atoms with Crippen LogP contribution in [0.2, 0.25) is 0 Å². The fourth-order valence-electron chi connectivity index (χ4n) is 1.69. The molecular weight excluding hydrogens is 278 g/mol. The number of aryl methyl sites for hydroxylation is 1. The Morgan fingerprint density at radius 3 is 2.80 bits per heavy atom. The van der Waals surface area contributed by atoms with E-state index in [1.165, 1.54) is 11.8 Å². The number of hydrogen-bond acceptors (Lipinski definition) is 5. The molecule has 2 aromatic rings. The predicted molar refractivity (Wildman–Crippen MR) is 77.4 cm³/mol. The van der Waals surface area contributed by atoms with Gasteiger partial charge in [0.1, 0.15) is 11.5 Å². The molecule has 20 heavy (non-hydrogen) atoms. The highest BCUT2D eigenvalue weighted by Gasteiger charge is 2.13. The van der Waals surface area contributed by atoms with Gasteiger partial charge < -0.3 is 20.0 Å². The molecular formula is C14H15NO4S. The summed E-state index contributed by atoms with van der Waals surface area (Å²) < 4.78 is 10.3. The van der Waals surface area contributed by atoms with E-state index >= 15 is 0 Å². The average Bonchev–Trinajstić information content (AvgIpc) is 2.79. The molecule has 1 heterocycles. The predicted octanol–water partition coefficient (Wildman–Crippen LogP) is 3.17. The number of benzene rings is 1. The van der Waals surface area contributed by atoms with Gasteiger partial charge in [0.05, 0.1) is 7.11 Å². The fraction of sp³-hybridized carbons (Fsp3) is 0.214. The smallest absolute Gasteiger partial charge is 0.371 e. The summed E-state index contributed by atoms with van der Waals surface area (Å²) in [5.74, 6) is 0.815. The molecule has 0 unspecified atom stereocenters. The molecule has 0 radical (unpaired) electrons. The number of nitrogen functional groups attached to an aromatic ring is 1. The van der Waals surface area contributed by atoms with Crippen LogP contribution in [-0.4, -0.2) is 18.2 Å². The van der Waals surface area contributed by atoms with E-state index in [9.17, 15) is 4.79 Å². The lowest BCUT2D eigenvalue weighted by Crippen LogP contribution is -1.92. The second kappa shape index (κ2) is 5.92. The first-order chi connectivity index (χ1) is 9.51. The third kappa shape index (κ3) is 3.08. The lowest BCUT2D eigenvalue weighted by molar-refractivity contribution is 0.0661. The van der Waals surface area contributed by atoms with E-state index in [4.69, 9.17) is 20.0 Å². The zero-order valence-electron chi connectivity index (χ0n) is 11.2. The number of nitrogens with two attached hydrogens (primary N) is 1. The maximum absolute atomic E-state index is 10.8. The van der Waals surface area contributed by atoms with Gasteiger partial charge in [-0.25, -0.2) is 4.79 Å². The van der Waals surface area contributed by atoms with Crippen LogP contribution in [0.15, 0.2) is 33.6 Å². The Balaban J connectivity index is 2.14. The summed E-state index contributed by atoms with van der Waals surface area (Å²) >= 11 is 1.51. The first-order valence-electron chi connectivity index (χ1n) is 5.90. The summed E-state index contributed by atoms with van der Waals surface area (Å²) in [4.78, 5) is 11.7. The molecule has 6 heteroatoms. The quantitative estimate of drug-likeness (QED) is 0.650. The molecule has 106 valence electrons. The minimum atomic E-state index is -1.06. The minimum absolute atomic E-state index is 0.0447. The number of rotatable bonds is 5. The highest BCUT2D eigenvalue weighted by atomic mass is 32.2. The number of furan rings is 1. The molecule has 0 fully saturated rings. The van der Waals surface area contributed by atoms with Gasteiger partial charge in [-0.05, 0) is 31.2 Å². The van der Waals surface area contributed by atoms with Gasteiger partial charge in [-0.3, -0.25) is 0 Å². The van der Waals surface area contributed by atoms with Crippen molar-refractivity contribution in [3.8, 4) is 5.75 Å². The number of anilines is 1. The molecule has 0 bridgehead atoms. The highest BCUT2D eigenvalue weighted by Crippen LogP contribution is 2.32. The molecule has 0 amide bonds. The SMILES string of the molecule is COc1ccc(N)c(SCc2cc(C(=O)O)oc2C)c1. The van der Waals surface area contributed by atoms with Gasteiger partial charge in [-0.15, -0.1) is 11.8 Å². The van der Waals surface area contributed by atoms with Crippen LogP contribution in [0.4, 0.5) is 5.69 Å². The fourth-order valence-corrected chi connectivity index (χ4v) is 2.72. The zero-order valence-corrected chi connectivity index (χ0v) is 12.0. The molecule has 5 nitrogen and oxygen atoms in total. The van der Waals surface area contributed by atoms with E-state index < -0.39 is 5.97 Å². The average molecular weight is 293 g/mol. The molecule has 0 aliphatic rings. The van der Waals surface area contributed by atoms with Crippen LogP contribution in [0.1, 0.15) is 21.9 Å². The monoisotopic (exact) mass is 293 g/mol. The number of aromatic carboxylic acids is 1. The number of ether oxygens (including phenoxy) is 1. The first kappa shape index (κ1) is 14.3. The van der Waals surface area contributed by atoms with Crippen molar-refractivity contribution in [1.29, 1.82) is 0 Å². The van der Waals surface area contributed by atoms with Crippen LogP contribution in [0.25, 0.3) is 0 Å². The second-order valence-corrected chi connectivity index (χ2v) is 5.21. The van der Waals surface area contributed by atoms with Crippen molar-refractivity contribution in [2.24, 2.45) is 0 Å². The van der Waals surface area contributed by atoms with E-state index in [0.717, 1.165) is 16.2 Å². The van der Waals surface area contributed by atoms with Gasteiger partial charge >= 0.3 is 5.97 Å². The Kier molecular flexibility index (Phi) is 4.24. The van der Waals surface area contributed by atoms with E-state index in [-0.39, 0.29) is 5.76 Å². The molecule has 3 N–H and O–H groups in total. The lowest BCUT2D eigenvalue weighted by atomic mass is 10.3. The van der Waals surface area contributed by atoms with E-state index in [2.05, 4.69) is 0 Å². The summed E-state index contributed by atoms with van der Waals surface area (Å²) in [7, 11) is 1.60. The number of carboxylic acid groups (broad SMARTS) is 1. The van der Waals surface area contributed by atoms with Crippen LogP contribution in [0, 0.1) is 6.92 Å². The number of hydrogen-bond donors (Lipinski definition) is 2. The van der Waals surface area contributed by atoms with Crippen molar-refractivity contribution >= 4 is 23.4 Å². The number of thioether (sulfide) groups is 1. The van der Waals surface area contributed by atoms with Crippen molar-refractivity contribution in [2.45, 2.75) is 17.6 Å². The Bertz CT molecular complexity index is 636. The molecule has 0 aliphatic heterocycles. The molecule has 0 aliphatic carbocycles. The highest BCUT2D eigenvalue weighted by molar-refractivity contribution is 7.98. The summed E-state index contributed by atoms with van der Waals surface area (Å²) in [6, 6.07) is 6.98. The summed E-state index contributed by atoms with van der Waals surface area (Å²) in [6.45, 7) is 1.75. The van der Waals surface area contributed by atoms with E-state index in [0.29, 0.717) is 17.2 Å². The van der Waals surface area contributed by atoms with Crippen LogP contribution in [-0.2, 0) is 5.75 Å². The van der Waals surface area contributed by atoms with Gasteiger partial charge in [0, 0.05) is 21.9 Å². The van der Waals surface area contributed by atoms with Gasteiger partial charge in [-0.2, -0.15) is 0 Å². The number of carbonyl (C=O) groups is 1. The maximum Gasteiger partial charge on any atom is 0.371 e. The topological polar surface area (TPSA) is 85.7 Å². The summed E-state index contributed by atoms with van der Waals surface area (Å²) in [5.41, 5.74) is 7.41. The van der Waals surface area contributed by atoms with E-state index in [1.54, 1.807) is 32.2 Å². The molecule has 0 atom stereocenters. The maximum atomic E-state index is 10.8. The van der Waals surface area contributed by atoms with Crippen LogP contribution in [0.5, 0.6) is 5.75 Å². The molecule has 0 saturated heterocycles. The minimum Gasteiger partial charge on any atom is -0.497 e. The normalized spacial score (nSPS) is 10.5. The molecule has 2 rings (SSSR count). The van der Waals surface area contributed by atoms with Crippen molar-refractivity contribution in [2.75, 3.05) is 12.8 Å². The largest absolute Gasteiger partial charge is 0.497 e. The molecule has 1 aromatic heterocycles. The number of carboxylic acids is 1. The van der Waals surface area contributed by atoms with Gasteiger partial charge in [0.25, 0.3) is 0 Å². The Morgan fingerprint density at radius 2 is 2.20 bits per heavy atom. The molecule has 0 spiro atoms. The van der Waals surface area contributed by atoms with Gasteiger partial charge in [0.15, 0.2) is 0 Å². The van der Waals surface area contributed by atoms with Crippen LogP contribution in [0.3, 0.4) is 0 Å². The standard InChI is InChI=1S/C14H15NO4S/c1-8-9(5-12(19-8)14(16)17)7-20-13-6-10(18-2)3-4-11(13)15/h3-6H,7,15H2,1-2H3,(H,16,17). The third-order valence-corrected chi connectivity index (χ3v) is 3.96. The Morgan fingerprint density at radius 1 is 1.45 bits per heavy atom. The molecule has 0 saturated carbocycles. The summed E-state index contributed by atoms with van der Waals surface area (Å²) in [5, 5.41) is 8.88. The van der Waals surface area contributed by atoms with Gasteiger partial charge in [0.2, 0.25) is 5.76 Å². The van der Waals surface area contributed by atoms with Crippen molar-refractivity contribution in [1.82, 2.24) is 0 Å². The van der Waals surface area contributed by atoms with Crippen molar-refractivity contribution < 1.29 is 19.1 Å². The lowest BCUT2D eigenvalue weighted by Gasteiger charge is -2.07.